The molecule has 132 valence electrons. The van der Waals surface area contributed by atoms with Crippen molar-refractivity contribution in [2.24, 2.45) is 0 Å². The molecule has 0 heterocycles. The van der Waals surface area contributed by atoms with Crippen LogP contribution in [-0.2, 0) is 9.59 Å². The lowest BCUT2D eigenvalue weighted by Crippen LogP contribution is -2.44. The average Bonchev–Trinajstić information content (AvgIpc) is 2.57. The minimum Gasteiger partial charge on any atom is -0.335 e. The molecular weight excluding hydrogens is 326 g/mol. The van der Waals surface area contributed by atoms with Gasteiger partial charge in [-0.15, -0.1) is 0 Å². The fourth-order valence-electron chi connectivity index (χ4n) is 3.04. The Morgan fingerprint density at radius 1 is 1.12 bits per heavy atom. The van der Waals surface area contributed by atoms with E-state index in [-0.39, 0.29) is 18.4 Å². The van der Waals surface area contributed by atoms with Crippen LogP contribution in [0.5, 0.6) is 0 Å². The fraction of sp³-hybridized carbons (Fsp3) is 0.556. The Hall–Kier alpha value is -1.59. The molecule has 0 spiro atoms. The summed E-state index contributed by atoms with van der Waals surface area (Å²) in [7, 11) is 3.65. The van der Waals surface area contributed by atoms with Crippen molar-refractivity contribution in [3.63, 3.8) is 0 Å². The van der Waals surface area contributed by atoms with Crippen LogP contribution in [0.15, 0.2) is 24.3 Å². The van der Waals surface area contributed by atoms with Gasteiger partial charge in [0.2, 0.25) is 11.8 Å². The highest BCUT2D eigenvalue weighted by Crippen LogP contribution is 2.22. The van der Waals surface area contributed by atoms with Gasteiger partial charge < -0.3 is 10.2 Å². The van der Waals surface area contributed by atoms with Gasteiger partial charge in [0, 0.05) is 13.1 Å². The summed E-state index contributed by atoms with van der Waals surface area (Å²) in [5.41, 5.74) is 0.560. The van der Waals surface area contributed by atoms with Gasteiger partial charge in [-0.3, -0.25) is 14.5 Å². The molecule has 24 heavy (non-hydrogen) atoms. The maximum absolute atomic E-state index is 12.3. The van der Waals surface area contributed by atoms with Crippen LogP contribution in [0.2, 0.25) is 5.02 Å². The number of carbonyl (C=O) groups is 2. The number of carbonyl (C=O) groups excluding carboxylic acids is 2. The summed E-state index contributed by atoms with van der Waals surface area (Å²) in [6, 6.07) is 7.53. The largest absolute Gasteiger partial charge is 0.335 e. The van der Waals surface area contributed by atoms with E-state index in [9.17, 15) is 9.59 Å². The first-order valence-corrected chi connectivity index (χ1v) is 8.83. The first-order valence-electron chi connectivity index (χ1n) is 8.46. The van der Waals surface area contributed by atoms with Crippen molar-refractivity contribution in [3.8, 4) is 0 Å². The smallest absolute Gasteiger partial charge is 0.244 e. The van der Waals surface area contributed by atoms with Crippen LogP contribution in [-0.4, -0.2) is 54.8 Å². The summed E-state index contributed by atoms with van der Waals surface area (Å²) in [4.78, 5) is 28.0. The second-order valence-electron chi connectivity index (χ2n) is 6.48. The molecule has 0 saturated heterocycles. The molecule has 0 bridgehead atoms. The molecule has 1 fully saturated rings. The zero-order valence-electron chi connectivity index (χ0n) is 14.4. The summed E-state index contributed by atoms with van der Waals surface area (Å²) in [5.74, 6) is -0.295. The Labute approximate surface area is 149 Å². The van der Waals surface area contributed by atoms with Crippen LogP contribution < -0.4 is 5.32 Å². The van der Waals surface area contributed by atoms with E-state index in [4.69, 9.17) is 11.6 Å². The molecule has 0 aliphatic heterocycles. The van der Waals surface area contributed by atoms with E-state index >= 15 is 0 Å². The number of halogens is 1. The SMILES string of the molecule is CN(CC(=O)Nc1ccccc1Cl)C(=O)CN(C)C1CCCCC1. The molecule has 1 aliphatic carbocycles. The number of hydrogen-bond donors (Lipinski definition) is 1. The lowest BCUT2D eigenvalue weighted by molar-refractivity contribution is -0.134. The van der Waals surface area contributed by atoms with Gasteiger partial charge in [-0.25, -0.2) is 0 Å². The predicted molar refractivity (Wildman–Crippen MR) is 97.2 cm³/mol. The standard InChI is InChI=1S/C18H26ClN3O2/c1-21(14-8-4-3-5-9-14)13-18(24)22(2)12-17(23)20-16-11-7-6-10-15(16)19/h6-7,10-11,14H,3-5,8-9,12-13H2,1-2H3,(H,20,23). The van der Waals surface area contributed by atoms with Crippen LogP contribution in [0.25, 0.3) is 0 Å². The molecule has 1 N–H and O–H groups in total. The number of benzene rings is 1. The lowest BCUT2D eigenvalue weighted by atomic mass is 9.94. The quantitative estimate of drug-likeness (QED) is 0.857. The molecule has 0 aromatic heterocycles. The van der Waals surface area contributed by atoms with Gasteiger partial charge in [0.1, 0.15) is 0 Å². The first-order chi connectivity index (χ1) is 11.5. The third-order valence-electron chi connectivity index (χ3n) is 4.54. The van der Waals surface area contributed by atoms with Crippen molar-refractivity contribution in [1.29, 1.82) is 0 Å². The van der Waals surface area contributed by atoms with E-state index < -0.39 is 0 Å². The van der Waals surface area contributed by atoms with Crippen LogP contribution in [0, 0.1) is 0 Å². The van der Waals surface area contributed by atoms with Gasteiger partial charge >= 0.3 is 0 Å². The van der Waals surface area contributed by atoms with Crippen molar-refractivity contribution in [1.82, 2.24) is 9.80 Å². The number of amides is 2. The number of nitrogens with zero attached hydrogens (tertiary/aromatic N) is 2. The first kappa shape index (κ1) is 18.7. The number of para-hydroxylation sites is 1. The molecule has 2 rings (SSSR count). The van der Waals surface area contributed by atoms with Crippen molar-refractivity contribution in [3.05, 3.63) is 29.3 Å². The third kappa shape index (κ3) is 5.49. The summed E-state index contributed by atoms with van der Waals surface area (Å²) >= 11 is 6.02. The van der Waals surface area contributed by atoms with Gasteiger partial charge in [0.15, 0.2) is 0 Å². The minimum absolute atomic E-state index is 0.0164. The lowest BCUT2D eigenvalue weighted by Gasteiger charge is -2.31. The van der Waals surface area contributed by atoms with E-state index in [2.05, 4.69) is 10.2 Å². The number of hydrogen-bond acceptors (Lipinski definition) is 3. The van der Waals surface area contributed by atoms with Crippen molar-refractivity contribution in [2.45, 2.75) is 38.1 Å². The zero-order chi connectivity index (χ0) is 17.5. The maximum atomic E-state index is 12.3. The predicted octanol–water partition coefficient (Wildman–Crippen LogP) is 3.00. The third-order valence-corrected chi connectivity index (χ3v) is 4.87. The van der Waals surface area contributed by atoms with E-state index in [0.29, 0.717) is 23.3 Å². The molecule has 1 aromatic carbocycles. The molecule has 2 amide bonds. The molecule has 5 nitrogen and oxygen atoms in total. The van der Waals surface area contributed by atoms with E-state index in [1.165, 1.54) is 24.2 Å². The van der Waals surface area contributed by atoms with E-state index in [1.807, 2.05) is 7.05 Å². The van der Waals surface area contributed by atoms with Crippen LogP contribution in [0.4, 0.5) is 5.69 Å². The van der Waals surface area contributed by atoms with Crippen molar-refractivity contribution in [2.75, 3.05) is 32.5 Å². The average molecular weight is 352 g/mol. The highest BCUT2D eigenvalue weighted by Gasteiger charge is 2.22. The Kier molecular flexibility index (Phi) is 7.06. The number of likely N-dealkylation sites (N-methyl/N-ethyl adjacent to an activating group) is 2. The Balaban J connectivity index is 1.80. The number of anilines is 1. The van der Waals surface area contributed by atoms with Gasteiger partial charge in [-0.05, 0) is 32.0 Å². The summed E-state index contributed by atoms with van der Waals surface area (Å²) in [5, 5.41) is 3.22. The number of rotatable bonds is 6. The van der Waals surface area contributed by atoms with Gasteiger partial charge in [-0.1, -0.05) is 43.0 Å². The Bertz CT molecular complexity index is 573. The molecular formula is C18H26ClN3O2. The fourth-order valence-corrected chi connectivity index (χ4v) is 3.22. The second-order valence-corrected chi connectivity index (χ2v) is 6.89. The van der Waals surface area contributed by atoms with Crippen molar-refractivity contribution < 1.29 is 9.59 Å². The van der Waals surface area contributed by atoms with Crippen LogP contribution in [0.1, 0.15) is 32.1 Å². The molecule has 0 unspecified atom stereocenters. The molecule has 0 radical (unpaired) electrons. The number of nitrogens with one attached hydrogen (secondary N) is 1. The Morgan fingerprint density at radius 2 is 1.79 bits per heavy atom. The monoisotopic (exact) mass is 351 g/mol. The molecule has 0 atom stereocenters. The maximum Gasteiger partial charge on any atom is 0.244 e. The zero-order valence-corrected chi connectivity index (χ0v) is 15.2. The summed E-state index contributed by atoms with van der Waals surface area (Å²) in [6.07, 6.45) is 6.07. The minimum atomic E-state index is -0.251. The van der Waals surface area contributed by atoms with Gasteiger partial charge in [0.25, 0.3) is 0 Å². The Morgan fingerprint density at radius 3 is 2.46 bits per heavy atom. The van der Waals surface area contributed by atoms with Gasteiger partial charge in [-0.2, -0.15) is 0 Å². The normalized spacial score (nSPS) is 15.3. The molecule has 1 saturated carbocycles. The van der Waals surface area contributed by atoms with E-state index in [1.54, 1.807) is 31.3 Å². The molecule has 1 aliphatic rings. The summed E-state index contributed by atoms with van der Waals surface area (Å²) in [6.45, 7) is 0.364. The highest BCUT2D eigenvalue weighted by atomic mass is 35.5. The topological polar surface area (TPSA) is 52.7 Å². The van der Waals surface area contributed by atoms with Crippen LogP contribution in [0.3, 0.4) is 0 Å². The van der Waals surface area contributed by atoms with Crippen molar-refractivity contribution >= 4 is 29.1 Å². The van der Waals surface area contributed by atoms with Gasteiger partial charge in [0.05, 0.1) is 23.8 Å². The summed E-state index contributed by atoms with van der Waals surface area (Å²) < 4.78 is 0. The van der Waals surface area contributed by atoms with E-state index in [0.717, 1.165) is 12.8 Å². The highest BCUT2D eigenvalue weighted by molar-refractivity contribution is 6.33. The van der Waals surface area contributed by atoms with Crippen LogP contribution >= 0.6 is 11.6 Å². The second kappa shape index (κ2) is 9.04. The molecule has 6 heteroatoms. The molecule has 1 aromatic rings.